The first kappa shape index (κ1) is 14.7. The number of aromatic nitrogens is 1. The van der Waals surface area contributed by atoms with Gasteiger partial charge in [0.2, 0.25) is 0 Å². The van der Waals surface area contributed by atoms with E-state index < -0.39 is 0 Å². The zero-order valence-electron chi connectivity index (χ0n) is 13.5. The molecule has 116 valence electrons. The molecule has 3 rings (SSSR count). The monoisotopic (exact) mass is 287 g/mol. The summed E-state index contributed by atoms with van der Waals surface area (Å²) >= 11 is 0. The predicted octanol–water partition coefficient (Wildman–Crippen LogP) is 4.31. The summed E-state index contributed by atoms with van der Waals surface area (Å²) < 4.78 is 0. The van der Waals surface area contributed by atoms with Crippen molar-refractivity contribution < 1.29 is 0 Å². The molecular formula is C18H29N3. The van der Waals surface area contributed by atoms with Crippen molar-refractivity contribution >= 4 is 11.5 Å². The van der Waals surface area contributed by atoms with Crippen LogP contribution in [0.4, 0.5) is 11.5 Å². The Balaban J connectivity index is 1.59. The molecule has 3 atom stereocenters. The first-order valence-electron chi connectivity index (χ1n) is 8.70. The molecule has 1 aliphatic carbocycles. The lowest BCUT2D eigenvalue weighted by atomic mass is 9.80. The first-order valence-corrected chi connectivity index (χ1v) is 8.70. The van der Waals surface area contributed by atoms with Gasteiger partial charge in [0.15, 0.2) is 0 Å². The largest absolute Gasteiger partial charge is 0.381 e. The molecule has 1 aliphatic heterocycles. The summed E-state index contributed by atoms with van der Waals surface area (Å²) in [5.41, 5.74) is 1.18. The maximum atomic E-state index is 4.67. The summed E-state index contributed by atoms with van der Waals surface area (Å²) in [5.74, 6) is 2.79. The van der Waals surface area contributed by atoms with E-state index in [0.717, 1.165) is 30.7 Å². The molecule has 3 unspecified atom stereocenters. The number of rotatable bonds is 3. The van der Waals surface area contributed by atoms with Crippen LogP contribution >= 0.6 is 0 Å². The molecule has 3 nitrogen and oxygen atoms in total. The van der Waals surface area contributed by atoms with Crippen LogP contribution in [0.3, 0.4) is 0 Å². The van der Waals surface area contributed by atoms with E-state index in [1.165, 1.54) is 44.2 Å². The highest BCUT2D eigenvalue weighted by Gasteiger charge is 2.25. The Morgan fingerprint density at radius 3 is 2.57 bits per heavy atom. The summed E-state index contributed by atoms with van der Waals surface area (Å²) in [6.45, 7) is 7.08. The third-order valence-electron chi connectivity index (χ3n) is 5.21. The van der Waals surface area contributed by atoms with Gasteiger partial charge in [0, 0.05) is 19.1 Å². The Morgan fingerprint density at radius 2 is 1.90 bits per heavy atom. The van der Waals surface area contributed by atoms with E-state index in [1.54, 1.807) is 0 Å². The zero-order valence-corrected chi connectivity index (χ0v) is 13.5. The summed E-state index contributed by atoms with van der Waals surface area (Å²) in [4.78, 5) is 7.09. The van der Waals surface area contributed by atoms with Crippen LogP contribution in [0.15, 0.2) is 18.3 Å². The number of pyridine rings is 1. The maximum absolute atomic E-state index is 4.67. The Kier molecular flexibility index (Phi) is 4.67. The molecule has 1 aromatic rings. The lowest BCUT2D eigenvalue weighted by molar-refractivity contribution is 0.276. The van der Waals surface area contributed by atoms with Crippen LogP contribution < -0.4 is 10.2 Å². The minimum atomic E-state index is 0.615. The van der Waals surface area contributed by atoms with Gasteiger partial charge in [0.05, 0.1) is 11.9 Å². The van der Waals surface area contributed by atoms with Crippen molar-refractivity contribution in [3.63, 3.8) is 0 Å². The molecule has 1 saturated carbocycles. The van der Waals surface area contributed by atoms with Crippen LogP contribution in [0.1, 0.15) is 52.4 Å². The Hall–Kier alpha value is -1.25. The lowest BCUT2D eigenvalue weighted by Gasteiger charge is -2.34. The number of hydrogen-bond donors (Lipinski definition) is 1. The standard InChI is InChI=1S/C18H29N3/c1-14-6-8-17(15(2)12-14)20-16-7-9-18(19-13-16)21-10-4-3-5-11-21/h7,9,13-15,17,20H,3-6,8,10-12H2,1-2H3. The van der Waals surface area contributed by atoms with E-state index in [9.17, 15) is 0 Å². The van der Waals surface area contributed by atoms with Gasteiger partial charge in [-0.15, -0.1) is 0 Å². The van der Waals surface area contributed by atoms with Gasteiger partial charge in [0.1, 0.15) is 5.82 Å². The van der Waals surface area contributed by atoms with E-state index >= 15 is 0 Å². The summed E-state index contributed by atoms with van der Waals surface area (Å²) in [6, 6.07) is 5.01. The fourth-order valence-corrected chi connectivity index (χ4v) is 3.88. The van der Waals surface area contributed by atoms with Crippen LogP contribution in [0.25, 0.3) is 0 Å². The first-order chi connectivity index (χ1) is 10.2. The Labute approximate surface area is 129 Å². The summed E-state index contributed by atoms with van der Waals surface area (Å²) in [7, 11) is 0. The molecule has 0 aromatic carbocycles. The Morgan fingerprint density at radius 1 is 1.10 bits per heavy atom. The van der Waals surface area contributed by atoms with Crippen LogP contribution in [-0.4, -0.2) is 24.1 Å². The maximum Gasteiger partial charge on any atom is 0.128 e. The highest BCUT2D eigenvalue weighted by molar-refractivity contribution is 5.49. The molecule has 1 aromatic heterocycles. The second-order valence-electron chi connectivity index (χ2n) is 7.10. The summed E-state index contributed by atoms with van der Waals surface area (Å²) in [6.07, 6.45) is 9.98. The van der Waals surface area contributed by atoms with E-state index in [0.29, 0.717) is 6.04 Å². The number of nitrogens with zero attached hydrogens (tertiary/aromatic N) is 2. The minimum Gasteiger partial charge on any atom is -0.381 e. The minimum absolute atomic E-state index is 0.615. The molecule has 21 heavy (non-hydrogen) atoms. The topological polar surface area (TPSA) is 28.2 Å². The average Bonchev–Trinajstić information content (AvgIpc) is 2.52. The van der Waals surface area contributed by atoms with Gasteiger partial charge in [-0.1, -0.05) is 13.8 Å². The van der Waals surface area contributed by atoms with Gasteiger partial charge < -0.3 is 10.2 Å². The van der Waals surface area contributed by atoms with E-state index in [2.05, 4.69) is 41.2 Å². The van der Waals surface area contributed by atoms with Crippen molar-refractivity contribution in [2.75, 3.05) is 23.3 Å². The van der Waals surface area contributed by atoms with Crippen molar-refractivity contribution in [1.82, 2.24) is 4.98 Å². The van der Waals surface area contributed by atoms with Gasteiger partial charge in [-0.05, 0) is 62.5 Å². The summed E-state index contributed by atoms with van der Waals surface area (Å²) in [5, 5.41) is 3.70. The van der Waals surface area contributed by atoms with Gasteiger partial charge in [-0.3, -0.25) is 0 Å². The van der Waals surface area contributed by atoms with Gasteiger partial charge >= 0.3 is 0 Å². The number of piperidine rings is 1. The van der Waals surface area contributed by atoms with E-state index in [1.807, 2.05) is 6.20 Å². The molecule has 3 heteroatoms. The van der Waals surface area contributed by atoms with Gasteiger partial charge in [-0.25, -0.2) is 4.98 Å². The quantitative estimate of drug-likeness (QED) is 0.898. The van der Waals surface area contributed by atoms with Crippen molar-refractivity contribution in [2.24, 2.45) is 11.8 Å². The predicted molar refractivity (Wildman–Crippen MR) is 89.9 cm³/mol. The lowest BCUT2D eigenvalue weighted by Crippen LogP contribution is -2.33. The van der Waals surface area contributed by atoms with Crippen LogP contribution in [0.2, 0.25) is 0 Å². The van der Waals surface area contributed by atoms with Gasteiger partial charge in [0.25, 0.3) is 0 Å². The third kappa shape index (κ3) is 3.69. The Bertz CT molecular complexity index is 436. The fourth-order valence-electron chi connectivity index (χ4n) is 3.88. The second kappa shape index (κ2) is 6.67. The molecule has 2 aliphatic rings. The number of nitrogens with one attached hydrogen (secondary N) is 1. The molecule has 1 N–H and O–H groups in total. The molecule has 0 radical (unpaired) electrons. The van der Waals surface area contributed by atoms with Crippen molar-refractivity contribution in [3.8, 4) is 0 Å². The van der Waals surface area contributed by atoms with Crippen LogP contribution in [-0.2, 0) is 0 Å². The van der Waals surface area contributed by atoms with Crippen molar-refractivity contribution in [2.45, 2.75) is 58.4 Å². The highest BCUT2D eigenvalue weighted by atomic mass is 15.2. The van der Waals surface area contributed by atoms with Crippen molar-refractivity contribution in [1.29, 1.82) is 0 Å². The fraction of sp³-hybridized carbons (Fsp3) is 0.722. The normalized spacial score (nSPS) is 30.2. The average molecular weight is 287 g/mol. The molecule has 2 heterocycles. The van der Waals surface area contributed by atoms with Crippen molar-refractivity contribution in [3.05, 3.63) is 18.3 Å². The highest BCUT2D eigenvalue weighted by Crippen LogP contribution is 2.31. The number of anilines is 2. The smallest absolute Gasteiger partial charge is 0.128 e. The van der Waals surface area contributed by atoms with E-state index in [4.69, 9.17) is 0 Å². The SMILES string of the molecule is CC1CCC(Nc2ccc(N3CCCCC3)nc2)C(C)C1. The molecule has 2 fully saturated rings. The number of hydrogen-bond acceptors (Lipinski definition) is 3. The van der Waals surface area contributed by atoms with Gasteiger partial charge in [-0.2, -0.15) is 0 Å². The molecule has 0 bridgehead atoms. The van der Waals surface area contributed by atoms with E-state index in [-0.39, 0.29) is 0 Å². The zero-order chi connectivity index (χ0) is 14.7. The molecule has 1 saturated heterocycles. The molecule has 0 amide bonds. The molecule has 0 spiro atoms. The van der Waals surface area contributed by atoms with Crippen LogP contribution in [0.5, 0.6) is 0 Å². The molecular weight excluding hydrogens is 258 g/mol. The third-order valence-corrected chi connectivity index (χ3v) is 5.21. The van der Waals surface area contributed by atoms with Crippen LogP contribution in [0, 0.1) is 11.8 Å². The second-order valence-corrected chi connectivity index (χ2v) is 7.10.